The van der Waals surface area contributed by atoms with E-state index in [-0.39, 0.29) is 11.9 Å². The van der Waals surface area contributed by atoms with Crippen molar-refractivity contribution in [3.63, 3.8) is 0 Å². The summed E-state index contributed by atoms with van der Waals surface area (Å²) in [5.41, 5.74) is 7.40. The summed E-state index contributed by atoms with van der Waals surface area (Å²) >= 11 is 0. The minimum absolute atomic E-state index is 0.0191. The van der Waals surface area contributed by atoms with Gasteiger partial charge in [0.1, 0.15) is 0 Å². The van der Waals surface area contributed by atoms with Crippen LogP contribution in [0, 0.1) is 5.92 Å². The fourth-order valence-electron chi connectivity index (χ4n) is 2.75. The van der Waals surface area contributed by atoms with Crippen LogP contribution in [0.2, 0.25) is 0 Å². The summed E-state index contributed by atoms with van der Waals surface area (Å²) in [7, 11) is 0. The number of piperidine rings is 1. The van der Waals surface area contributed by atoms with E-state index in [1.807, 2.05) is 4.90 Å². The third kappa shape index (κ3) is 3.83. The van der Waals surface area contributed by atoms with Gasteiger partial charge < -0.3 is 10.6 Å². The van der Waals surface area contributed by atoms with E-state index in [0.717, 1.165) is 25.9 Å². The quantitative estimate of drug-likeness (QED) is 0.917. The molecule has 20 heavy (non-hydrogen) atoms. The third-order valence-corrected chi connectivity index (χ3v) is 4.39. The van der Waals surface area contributed by atoms with E-state index in [9.17, 15) is 4.79 Å². The summed E-state index contributed by atoms with van der Waals surface area (Å²) in [4.78, 5) is 14.2. The highest BCUT2D eigenvalue weighted by atomic mass is 16.2. The molecule has 1 saturated heterocycles. The van der Waals surface area contributed by atoms with E-state index in [4.69, 9.17) is 5.73 Å². The Kier molecular flexibility index (Phi) is 5.18. The summed E-state index contributed by atoms with van der Waals surface area (Å²) < 4.78 is 0. The van der Waals surface area contributed by atoms with E-state index < -0.39 is 0 Å². The van der Waals surface area contributed by atoms with Crippen molar-refractivity contribution >= 4 is 5.91 Å². The van der Waals surface area contributed by atoms with Crippen molar-refractivity contribution in [1.82, 2.24) is 4.90 Å². The van der Waals surface area contributed by atoms with Crippen LogP contribution in [-0.4, -0.2) is 29.9 Å². The monoisotopic (exact) mass is 274 g/mol. The molecule has 1 amide bonds. The standard InChI is InChI=1S/C17H26N2O/c1-13(2)16(18)12-17(20)19-10-8-15(9-11-19)14-6-4-3-5-7-14/h3-7,13,15-16H,8-12,18H2,1-2H3. The molecule has 0 radical (unpaired) electrons. The zero-order valence-corrected chi connectivity index (χ0v) is 12.6. The van der Waals surface area contributed by atoms with Gasteiger partial charge in [-0.2, -0.15) is 0 Å². The number of nitrogens with two attached hydrogens (primary N) is 1. The Bertz CT molecular complexity index is 422. The van der Waals surface area contributed by atoms with Gasteiger partial charge in [0.25, 0.3) is 0 Å². The summed E-state index contributed by atoms with van der Waals surface area (Å²) in [6.07, 6.45) is 2.60. The number of likely N-dealkylation sites (tertiary alicyclic amines) is 1. The van der Waals surface area contributed by atoms with E-state index in [1.165, 1.54) is 5.56 Å². The molecule has 1 aliphatic heterocycles. The summed E-state index contributed by atoms with van der Waals surface area (Å²) in [5, 5.41) is 0. The van der Waals surface area contributed by atoms with Gasteiger partial charge in [0.15, 0.2) is 0 Å². The molecule has 3 nitrogen and oxygen atoms in total. The van der Waals surface area contributed by atoms with Gasteiger partial charge in [-0.25, -0.2) is 0 Å². The molecule has 1 unspecified atom stereocenters. The molecule has 3 heteroatoms. The molecular weight excluding hydrogens is 248 g/mol. The van der Waals surface area contributed by atoms with Gasteiger partial charge in [0.05, 0.1) is 0 Å². The van der Waals surface area contributed by atoms with Crippen LogP contribution in [0.5, 0.6) is 0 Å². The van der Waals surface area contributed by atoms with Crippen molar-refractivity contribution < 1.29 is 4.79 Å². The maximum Gasteiger partial charge on any atom is 0.224 e. The Morgan fingerprint density at radius 3 is 2.40 bits per heavy atom. The smallest absolute Gasteiger partial charge is 0.224 e. The highest BCUT2D eigenvalue weighted by Crippen LogP contribution is 2.28. The zero-order valence-electron chi connectivity index (χ0n) is 12.6. The number of carbonyl (C=O) groups excluding carboxylic acids is 1. The van der Waals surface area contributed by atoms with Crippen molar-refractivity contribution in [2.75, 3.05) is 13.1 Å². The lowest BCUT2D eigenvalue weighted by molar-refractivity contribution is -0.132. The van der Waals surface area contributed by atoms with Gasteiger partial charge >= 0.3 is 0 Å². The van der Waals surface area contributed by atoms with Crippen LogP contribution in [-0.2, 0) is 4.79 Å². The molecule has 0 aliphatic carbocycles. The predicted molar refractivity (Wildman–Crippen MR) is 82.4 cm³/mol. The Morgan fingerprint density at radius 1 is 1.25 bits per heavy atom. The summed E-state index contributed by atoms with van der Waals surface area (Å²) in [6.45, 7) is 5.87. The maximum atomic E-state index is 12.2. The molecule has 110 valence electrons. The first kappa shape index (κ1) is 15.0. The number of amides is 1. The zero-order chi connectivity index (χ0) is 14.5. The van der Waals surface area contributed by atoms with Crippen LogP contribution in [0.15, 0.2) is 30.3 Å². The molecule has 0 aromatic heterocycles. The van der Waals surface area contributed by atoms with Crippen molar-refractivity contribution in [2.24, 2.45) is 11.7 Å². The van der Waals surface area contributed by atoms with Crippen molar-refractivity contribution in [3.05, 3.63) is 35.9 Å². The van der Waals surface area contributed by atoms with Crippen LogP contribution < -0.4 is 5.73 Å². The molecule has 2 N–H and O–H groups in total. The first-order valence-corrected chi connectivity index (χ1v) is 7.66. The first-order valence-electron chi connectivity index (χ1n) is 7.66. The van der Waals surface area contributed by atoms with E-state index in [2.05, 4.69) is 44.2 Å². The van der Waals surface area contributed by atoms with Crippen LogP contribution in [0.1, 0.15) is 44.6 Å². The number of benzene rings is 1. The lowest BCUT2D eigenvalue weighted by Gasteiger charge is -2.33. The molecule has 1 heterocycles. The normalized spacial score (nSPS) is 18.3. The fourth-order valence-corrected chi connectivity index (χ4v) is 2.75. The summed E-state index contributed by atoms with van der Waals surface area (Å²) in [5.74, 6) is 1.18. The Hall–Kier alpha value is -1.35. The number of rotatable bonds is 4. The largest absolute Gasteiger partial charge is 0.343 e. The molecule has 1 aromatic carbocycles. The van der Waals surface area contributed by atoms with Crippen LogP contribution >= 0.6 is 0 Å². The van der Waals surface area contributed by atoms with Gasteiger partial charge in [-0.3, -0.25) is 4.79 Å². The molecule has 0 spiro atoms. The molecule has 1 aliphatic rings. The highest BCUT2D eigenvalue weighted by Gasteiger charge is 2.25. The van der Waals surface area contributed by atoms with Crippen molar-refractivity contribution in [3.8, 4) is 0 Å². The van der Waals surface area contributed by atoms with Crippen LogP contribution in [0.25, 0.3) is 0 Å². The molecule has 1 fully saturated rings. The van der Waals surface area contributed by atoms with E-state index >= 15 is 0 Å². The second kappa shape index (κ2) is 6.89. The maximum absolute atomic E-state index is 12.2. The minimum atomic E-state index is -0.0191. The molecular formula is C17H26N2O. The van der Waals surface area contributed by atoms with Gasteiger partial charge in [0.2, 0.25) is 5.91 Å². The minimum Gasteiger partial charge on any atom is -0.343 e. The van der Waals surface area contributed by atoms with E-state index in [0.29, 0.717) is 18.3 Å². The molecule has 1 aromatic rings. The lowest BCUT2D eigenvalue weighted by Crippen LogP contribution is -2.41. The Balaban J connectivity index is 1.84. The summed E-state index contributed by atoms with van der Waals surface area (Å²) in [6, 6.07) is 10.6. The predicted octanol–water partition coefficient (Wildman–Crippen LogP) is 2.77. The Labute approximate surface area is 122 Å². The number of carbonyl (C=O) groups is 1. The van der Waals surface area contributed by atoms with Gasteiger partial charge in [-0.1, -0.05) is 44.2 Å². The van der Waals surface area contributed by atoms with Crippen LogP contribution in [0.4, 0.5) is 0 Å². The topological polar surface area (TPSA) is 46.3 Å². The number of hydrogen-bond acceptors (Lipinski definition) is 2. The number of nitrogens with zero attached hydrogens (tertiary/aromatic N) is 1. The van der Waals surface area contributed by atoms with Gasteiger partial charge in [-0.05, 0) is 30.2 Å². The molecule has 1 atom stereocenters. The lowest BCUT2D eigenvalue weighted by atomic mass is 9.89. The average Bonchev–Trinajstić information content (AvgIpc) is 2.48. The van der Waals surface area contributed by atoms with Crippen molar-refractivity contribution in [2.45, 2.75) is 45.1 Å². The fraction of sp³-hybridized carbons (Fsp3) is 0.588. The SMILES string of the molecule is CC(C)C(N)CC(=O)N1CCC(c2ccccc2)CC1. The third-order valence-electron chi connectivity index (χ3n) is 4.39. The highest BCUT2D eigenvalue weighted by molar-refractivity contribution is 5.77. The first-order chi connectivity index (χ1) is 9.58. The van der Waals surface area contributed by atoms with Crippen LogP contribution in [0.3, 0.4) is 0 Å². The number of hydrogen-bond donors (Lipinski definition) is 1. The average molecular weight is 274 g/mol. The second-order valence-corrected chi connectivity index (χ2v) is 6.18. The van der Waals surface area contributed by atoms with E-state index in [1.54, 1.807) is 0 Å². The molecule has 0 bridgehead atoms. The Morgan fingerprint density at radius 2 is 1.85 bits per heavy atom. The van der Waals surface area contributed by atoms with Gasteiger partial charge in [0, 0.05) is 25.6 Å². The molecule has 2 rings (SSSR count). The second-order valence-electron chi connectivity index (χ2n) is 6.18. The van der Waals surface area contributed by atoms with Gasteiger partial charge in [-0.15, -0.1) is 0 Å². The van der Waals surface area contributed by atoms with Crippen molar-refractivity contribution in [1.29, 1.82) is 0 Å². The molecule has 0 saturated carbocycles.